The van der Waals surface area contributed by atoms with E-state index in [1.54, 1.807) is 20.3 Å². The second kappa shape index (κ2) is 10.3. The Bertz CT molecular complexity index is 778. The van der Waals surface area contributed by atoms with Gasteiger partial charge in [-0.05, 0) is 42.9 Å². The van der Waals surface area contributed by atoms with Gasteiger partial charge in [0.25, 0.3) is 5.91 Å². The van der Waals surface area contributed by atoms with Crippen LogP contribution in [0.3, 0.4) is 0 Å². The SMILES string of the molecule is COc1ccc(CCN2C(=O)NC(CC(=O)NCC3CCOCC3)C2=O)cc1OC. The lowest BCUT2D eigenvalue weighted by molar-refractivity contribution is -0.130. The Morgan fingerprint density at radius 2 is 1.93 bits per heavy atom. The van der Waals surface area contributed by atoms with E-state index < -0.39 is 12.1 Å². The summed E-state index contributed by atoms with van der Waals surface area (Å²) in [6, 6.07) is 4.17. The summed E-state index contributed by atoms with van der Waals surface area (Å²) in [7, 11) is 3.11. The van der Waals surface area contributed by atoms with Crippen LogP contribution in [0.1, 0.15) is 24.8 Å². The lowest BCUT2D eigenvalue weighted by Gasteiger charge is -2.22. The largest absolute Gasteiger partial charge is 0.493 e. The molecule has 2 saturated heterocycles. The first kappa shape index (κ1) is 21.9. The molecule has 9 heteroatoms. The smallest absolute Gasteiger partial charge is 0.324 e. The molecule has 0 radical (unpaired) electrons. The molecular formula is C21H29N3O6. The normalized spacial score (nSPS) is 19.5. The van der Waals surface area contributed by atoms with Gasteiger partial charge in [-0.2, -0.15) is 0 Å². The van der Waals surface area contributed by atoms with E-state index in [1.807, 2.05) is 12.1 Å². The number of benzene rings is 1. The molecule has 2 N–H and O–H groups in total. The number of carbonyl (C=O) groups is 3. The van der Waals surface area contributed by atoms with Crippen LogP contribution in [0.4, 0.5) is 4.79 Å². The molecule has 30 heavy (non-hydrogen) atoms. The molecule has 1 aromatic carbocycles. The molecule has 164 valence electrons. The van der Waals surface area contributed by atoms with E-state index in [-0.39, 0.29) is 24.8 Å². The van der Waals surface area contributed by atoms with E-state index in [1.165, 1.54) is 0 Å². The first-order chi connectivity index (χ1) is 14.5. The standard InChI is InChI=1S/C21H29N3O6/c1-28-17-4-3-14(11-18(17)29-2)5-8-24-20(26)16(23-21(24)27)12-19(25)22-13-15-6-9-30-10-7-15/h3-4,11,15-16H,5-10,12-13H2,1-2H3,(H,22,25)(H,23,27). The van der Waals surface area contributed by atoms with Crippen LogP contribution in [0, 0.1) is 5.92 Å². The topological polar surface area (TPSA) is 106 Å². The number of ether oxygens (including phenoxy) is 3. The third-order valence-electron chi connectivity index (χ3n) is 5.50. The Morgan fingerprint density at radius 1 is 1.20 bits per heavy atom. The van der Waals surface area contributed by atoms with Crippen LogP contribution < -0.4 is 20.1 Å². The molecule has 3 rings (SSSR count). The fourth-order valence-electron chi connectivity index (χ4n) is 3.67. The number of urea groups is 1. The molecule has 0 aliphatic carbocycles. The van der Waals surface area contributed by atoms with Gasteiger partial charge in [0.2, 0.25) is 5.91 Å². The highest BCUT2D eigenvalue weighted by Crippen LogP contribution is 2.28. The van der Waals surface area contributed by atoms with Crippen molar-refractivity contribution in [3.05, 3.63) is 23.8 Å². The van der Waals surface area contributed by atoms with Crippen molar-refractivity contribution in [2.45, 2.75) is 31.7 Å². The number of imide groups is 1. The minimum absolute atomic E-state index is 0.0549. The van der Waals surface area contributed by atoms with E-state index in [9.17, 15) is 14.4 Å². The molecule has 2 heterocycles. The van der Waals surface area contributed by atoms with Crippen molar-refractivity contribution in [3.63, 3.8) is 0 Å². The summed E-state index contributed by atoms with van der Waals surface area (Å²) in [5.41, 5.74) is 0.908. The predicted molar refractivity (Wildman–Crippen MR) is 108 cm³/mol. The summed E-state index contributed by atoms with van der Waals surface area (Å²) in [6.07, 6.45) is 2.26. The van der Waals surface area contributed by atoms with Crippen molar-refractivity contribution in [2.24, 2.45) is 5.92 Å². The first-order valence-corrected chi connectivity index (χ1v) is 10.2. The van der Waals surface area contributed by atoms with Crippen LogP contribution in [-0.4, -0.2) is 69.3 Å². The molecule has 9 nitrogen and oxygen atoms in total. The molecule has 2 aliphatic heterocycles. The van der Waals surface area contributed by atoms with Gasteiger partial charge < -0.3 is 24.8 Å². The molecule has 1 aromatic rings. The number of carbonyl (C=O) groups excluding carboxylic acids is 3. The molecule has 1 unspecified atom stereocenters. The van der Waals surface area contributed by atoms with Gasteiger partial charge in [-0.15, -0.1) is 0 Å². The Morgan fingerprint density at radius 3 is 2.63 bits per heavy atom. The molecule has 0 aromatic heterocycles. The average molecular weight is 419 g/mol. The first-order valence-electron chi connectivity index (χ1n) is 10.2. The number of nitrogens with zero attached hydrogens (tertiary/aromatic N) is 1. The van der Waals surface area contributed by atoms with Gasteiger partial charge in [-0.1, -0.05) is 6.07 Å². The molecule has 0 spiro atoms. The number of methoxy groups -OCH3 is 2. The second-order valence-electron chi connectivity index (χ2n) is 7.50. The van der Waals surface area contributed by atoms with E-state index in [4.69, 9.17) is 14.2 Å². The van der Waals surface area contributed by atoms with Crippen LogP contribution in [0.25, 0.3) is 0 Å². The quantitative estimate of drug-likeness (QED) is 0.581. The number of amides is 4. The molecule has 2 fully saturated rings. The van der Waals surface area contributed by atoms with Gasteiger partial charge in [0.1, 0.15) is 6.04 Å². The zero-order valence-corrected chi connectivity index (χ0v) is 17.4. The molecule has 0 saturated carbocycles. The van der Waals surface area contributed by atoms with Crippen molar-refractivity contribution in [1.29, 1.82) is 0 Å². The van der Waals surface area contributed by atoms with Crippen LogP contribution >= 0.6 is 0 Å². The highest BCUT2D eigenvalue weighted by molar-refractivity contribution is 6.05. The monoisotopic (exact) mass is 419 g/mol. The minimum Gasteiger partial charge on any atom is -0.493 e. The highest BCUT2D eigenvalue weighted by atomic mass is 16.5. The van der Waals surface area contributed by atoms with Crippen LogP contribution in [0.5, 0.6) is 11.5 Å². The molecule has 0 bridgehead atoms. The maximum Gasteiger partial charge on any atom is 0.324 e. The van der Waals surface area contributed by atoms with E-state index >= 15 is 0 Å². The summed E-state index contributed by atoms with van der Waals surface area (Å²) in [6.45, 7) is 2.22. The minimum atomic E-state index is -0.822. The third-order valence-corrected chi connectivity index (χ3v) is 5.50. The maximum absolute atomic E-state index is 12.6. The summed E-state index contributed by atoms with van der Waals surface area (Å²) in [5, 5.41) is 5.48. The van der Waals surface area contributed by atoms with Gasteiger partial charge in [-0.3, -0.25) is 14.5 Å². The molecule has 1 atom stereocenters. The summed E-state index contributed by atoms with van der Waals surface area (Å²) in [4.78, 5) is 38.2. The predicted octanol–water partition coefficient (Wildman–Crippen LogP) is 1.10. The molecule has 4 amide bonds. The Balaban J connectivity index is 1.48. The van der Waals surface area contributed by atoms with Crippen LogP contribution in [-0.2, 0) is 20.7 Å². The fourth-order valence-corrected chi connectivity index (χ4v) is 3.67. The van der Waals surface area contributed by atoms with Crippen molar-refractivity contribution in [3.8, 4) is 11.5 Å². The summed E-state index contributed by atoms with van der Waals surface area (Å²) in [5.74, 6) is 0.993. The van der Waals surface area contributed by atoms with Crippen molar-refractivity contribution in [1.82, 2.24) is 15.5 Å². The Labute approximate surface area is 176 Å². The summed E-state index contributed by atoms with van der Waals surface area (Å²) >= 11 is 0. The lowest BCUT2D eigenvalue weighted by Crippen LogP contribution is -2.39. The van der Waals surface area contributed by atoms with Crippen LogP contribution in [0.15, 0.2) is 18.2 Å². The number of hydrogen-bond acceptors (Lipinski definition) is 6. The zero-order chi connectivity index (χ0) is 21.5. The summed E-state index contributed by atoms with van der Waals surface area (Å²) < 4.78 is 15.8. The third kappa shape index (κ3) is 5.41. The van der Waals surface area contributed by atoms with E-state index in [0.29, 0.717) is 43.6 Å². The molecule has 2 aliphatic rings. The van der Waals surface area contributed by atoms with E-state index in [0.717, 1.165) is 23.3 Å². The number of nitrogens with one attached hydrogen (secondary N) is 2. The Hall–Kier alpha value is -2.81. The van der Waals surface area contributed by atoms with Crippen LogP contribution in [0.2, 0.25) is 0 Å². The lowest BCUT2D eigenvalue weighted by atomic mass is 10.0. The van der Waals surface area contributed by atoms with Gasteiger partial charge in [0.15, 0.2) is 11.5 Å². The fraction of sp³-hybridized carbons (Fsp3) is 0.571. The number of rotatable bonds is 9. The average Bonchev–Trinajstić information content (AvgIpc) is 3.03. The zero-order valence-electron chi connectivity index (χ0n) is 17.4. The molecular weight excluding hydrogens is 390 g/mol. The highest BCUT2D eigenvalue weighted by Gasteiger charge is 2.38. The van der Waals surface area contributed by atoms with Crippen molar-refractivity contribution in [2.75, 3.05) is 40.5 Å². The van der Waals surface area contributed by atoms with Crippen molar-refractivity contribution < 1.29 is 28.6 Å². The van der Waals surface area contributed by atoms with Gasteiger partial charge in [-0.25, -0.2) is 4.79 Å². The van der Waals surface area contributed by atoms with Crippen molar-refractivity contribution >= 4 is 17.8 Å². The number of hydrogen-bond donors (Lipinski definition) is 2. The van der Waals surface area contributed by atoms with Gasteiger partial charge in [0.05, 0.1) is 20.6 Å². The van der Waals surface area contributed by atoms with Gasteiger partial charge in [0, 0.05) is 26.3 Å². The second-order valence-corrected chi connectivity index (χ2v) is 7.50. The van der Waals surface area contributed by atoms with Gasteiger partial charge >= 0.3 is 6.03 Å². The van der Waals surface area contributed by atoms with E-state index in [2.05, 4.69) is 10.6 Å². The Kier molecular flexibility index (Phi) is 7.51. The maximum atomic E-state index is 12.6.